The number of halogens is 4. The molecule has 1 saturated heterocycles. The Balaban J connectivity index is 1.60. The van der Waals surface area contributed by atoms with Gasteiger partial charge in [-0.3, -0.25) is 4.79 Å². The molecule has 1 aromatic carbocycles. The molecule has 1 heterocycles. The SMILES string of the molecule is O=C(O)[C@@H]1CN(C(=O)NC2CC2c2cccc(F)c2)C[C@H]1C(F)(F)F. The number of nitrogens with zero attached hydrogens (tertiary/aromatic N) is 1. The Labute approximate surface area is 140 Å². The van der Waals surface area contributed by atoms with Crippen molar-refractivity contribution in [2.45, 2.75) is 24.6 Å². The fourth-order valence-electron chi connectivity index (χ4n) is 3.26. The van der Waals surface area contributed by atoms with E-state index in [1.807, 2.05) is 0 Å². The molecule has 1 aliphatic carbocycles. The number of likely N-dealkylation sites (tertiary alicyclic amines) is 1. The summed E-state index contributed by atoms with van der Waals surface area (Å²) >= 11 is 0. The van der Waals surface area contributed by atoms with E-state index in [9.17, 15) is 27.2 Å². The quantitative estimate of drug-likeness (QED) is 0.814. The molecular weight excluding hydrogens is 344 g/mol. The van der Waals surface area contributed by atoms with E-state index in [2.05, 4.69) is 5.32 Å². The Kier molecular flexibility index (Phi) is 4.34. The lowest BCUT2D eigenvalue weighted by atomic mass is 9.96. The molecule has 25 heavy (non-hydrogen) atoms. The molecule has 0 aromatic heterocycles. The summed E-state index contributed by atoms with van der Waals surface area (Å²) < 4.78 is 52.0. The van der Waals surface area contributed by atoms with Crippen LogP contribution in [0.15, 0.2) is 24.3 Å². The van der Waals surface area contributed by atoms with Gasteiger partial charge in [-0.1, -0.05) is 12.1 Å². The van der Waals surface area contributed by atoms with Crippen LogP contribution in [0.4, 0.5) is 22.4 Å². The number of carboxylic acid groups (broad SMARTS) is 1. The normalized spacial score (nSPS) is 28.7. The number of rotatable bonds is 3. The summed E-state index contributed by atoms with van der Waals surface area (Å²) in [5, 5.41) is 11.6. The predicted octanol–water partition coefficient (Wildman–Crippen LogP) is 2.59. The maximum atomic E-state index is 13.2. The third kappa shape index (κ3) is 3.69. The highest BCUT2D eigenvalue weighted by Crippen LogP contribution is 2.42. The Morgan fingerprint density at radius 3 is 2.52 bits per heavy atom. The monoisotopic (exact) mass is 360 g/mol. The third-order valence-electron chi connectivity index (χ3n) is 4.72. The lowest BCUT2D eigenvalue weighted by Crippen LogP contribution is -2.41. The van der Waals surface area contributed by atoms with Crippen molar-refractivity contribution in [3.8, 4) is 0 Å². The molecule has 0 spiro atoms. The van der Waals surface area contributed by atoms with Crippen molar-refractivity contribution in [2.24, 2.45) is 11.8 Å². The van der Waals surface area contributed by atoms with Gasteiger partial charge < -0.3 is 15.3 Å². The summed E-state index contributed by atoms with van der Waals surface area (Å²) in [6, 6.07) is 4.91. The molecule has 2 fully saturated rings. The fourth-order valence-corrected chi connectivity index (χ4v) is 3.26. The van der Waals surface area contributed by atoms with Crippen LogP contribution in [0.3, 0.4) is 0 Å². The van der Waals surface area contributed by atoms with Gasteiger partial charge in [-0.25, -0.2) is 9.18 Å². The molecule has 1 aliphatic heterocycles. The van der Waals surface area contributed by atoms with E-state index in [0.717, 1.165) is 4.90 Å². The first-order chi connectivity index (χ1) is 11.7. The zero-order valence-corrected chi connectivity index (χ0v) is 13.0. The third-order valence-corrected chi connectivity index (χ3v) is 4.72. The zero-order valence-electron chi connectivity index (χ0n) is 13.0. The topological polar surface area (TPSA) is 69.6 Å². The van der Waals surface area contributed by atoms with Crippen LogP contribution in [0.5, 0.6) is 0 Å². The summed E-state index contributed by atoms with van der Waals surface area (Å²) in [5.74, 6) is -5.79. The number of urea groups is 1. The van der Waals surface area contributed by atoms with E-state index >= 15 is 0 Å². The van der Waals surface area contributed by atoms with Crippen LogP contribution < -0.4 is 5.32 Å². The highest BCUT2D eigenvalue weighted by Gasteiger charge is 2.54. The van der Waals surface area contributed by atoms with Crippen molar-refractivity contribution in [3.63, 3.8) is 0 Å². The second kappa shape index (κ2) is 6.20. The highest BCUT2D eigenvalue weighted by atomic mass is 19.4. The van der Waals surface area contributed by atoms with Crippen molar-refractivity contribution in [3.05, 3.63) is 35.6 Å². The van der Waals surface area contributed by atoms with Crippen LogP contribution in [-0.2, 0) is 4.79 Å². The number of amides is 2. The standard InChI is InChI=1S/C16H16F4N2O3/c17-9-3-1-2-8(4-9)10-5-13(10)21-15(25)22-6-11(14(23)24)12(7-22)16(18,19)20/h1-4,10-13H,5-7H2,(H,21,25)(H,23,24)/t10?,11-,12-,13?/m1/s1. The van der Waals surface area contributed by atoms with Gasteiger partial charge in [0.25, 0.3) is 0 Å². The Hall–Kier alpha value is -2.32. The second-order valence-corrected chi connectivity index (χ2v) is 6.45. The molecule has 9 heteroatoms. The van der Waals surface area contributed by atoms with Gasteiger partial charge in [-0.2, -0.15) is 13.2 Å². The van der Waals surface area contributed by atoms with E-state index in [-0.39, 0.29) is 12.0 Å². The average Bonchev–Trinajstić information content (AvgIpc) is 3.10. The van der Waals surface area contributed by atoms with Crippen LogP contribution in [0, 0.1) is 17.7 Å². The largest absolute Gasteiger partial charge is 0.481 e. The second-order valence-electron chi connectivity index (χ2n) is 6.45. The van der Waals surface area contributed by atoms with Crippen LogP contribution in [0.1, 0.15) is 17.9 Å². The average molecular weight is 360 g/mol. The molecule has 1 saturated carbocycles. The minimum Gasteiger partial charge on any atom is -0.481 e. The van der Waals surface area contributed by atoms with Crippen LogP contribution >= 0.6 is 0 Å². The molecule has 1 aromatic rings. The highest BCUT2D eigenvalue weighted by molar-refractivity contribution is 5.78. The fraction of sp³-hybridized carbons (Fsp3) is 0.500. The van der Waals surface area contributed by atoms with E-state index in [1.165, 1.54) is 12.1 Å². The molecule has 0 bridgehead atoms. The number of aliphatic carboxylic acids is 1. The molecular formula is C16H16F4N2O3. The van der Waals surface area contributed by atoms with Crippen molar-refractivity contribution < 1.29 is 32.3 Å². The van der Waals surface area contributed by atoms with Gasteiger partial charge in [0.05, 0.1) is 11.8 Å². The van der Waals surface area contributed by atoms with Gasteiger partial charge in [-0.05, 0) is 24.1 Å². The zero-order chi connectivity index (χ0) is 18.4. The van der Waals surface area contributed by atoms with Crippen LogP contribution in [0.25, 0.3) is 0 Å². The summed E-state index contributed by atoms with van der Waals surface area (Å²) in [6.07, 6.45) is -4.12. The van der Waals surface area contributed by atoms with Crippen molar-refractivity contribution in [1.82, 2.24) is 10.2 Å². The first-order valence-electron chi connectivity index (χ1n) is 7.77. The van der Waals surface area contributed by atoms with E-state index in [1.54, 1.807) is 12.1 Å². The van der Waals surface area contributed by atoms with E-state index < -0.39 is 48.9 Å². The number of hydrogen-bond donors (Lipinski definition) is 2. The van der Waals surface area contributed by atoms with Gasteiger partial charge >= 0.3 is 18.2 Å². The molecule has 136 valence electrons. The van der Waals surface area contributed by atoms with Crippen LogP contribution in [-0.4, -0.2) is 47.3 Å². The van der Waals surface area contributed by atoms with Crippen molar-refractivity contribution in [2.75, 3.05) is 13.1 Å². The number of carbonyl (C=O) groups excluding carboxylic acids is 1. The lowest BCUT2D eigenvalue weighted by Gasteiger charge is -2.18. The molecule has 4 atom stereocenters. The minimum atomic E-state index is -4.68. The molecule has 2 amide bonds. The number of alkyl halides is 3. The first-order valence-corrected chi connectivity index (χ1v) is 7.77. The summed E-state index contributed by atoms with van der Waals surface area (Å²) in [5.41, 5.74) is 0.711. The van der Waals surface area contributed by atoms with Crippen molar-refractivity contribution >= 4 is 12.0 Å². The number of nitrogens with one attached hydrogen (secondary N) is 1. The number of hydrogen-bond acceptors (Lipinski definition) is 2. The molecule has 2 N–H and O–H groups in total. The Bertz CT molecular complexity index is 694. The Morgan fingerprint density at radius 2 is 1.96 bits per heavy atom. The predicted molar refractivity (Wildman–Crippen MR) is 78.3 cm³/mol. The van der Waals surface area contributed by atoms with Gasteiger partial charge in [0, 0.05) is 25.0 Å². The Morgan fingerprint density at radius 1 is 1.24 bits per heavy atom. The summed E-state index contributed by atoms with van der Waals surface area (Å²) in [7, 11) is 0. The minimum absolute atomic E-state index is 0.0871. The van der Waals surface area contributed by atoms with E-state index in [4.69, 9.17) is 5.11 Å². The van der Waals surface area contributed by atoms with Gasteiger partial charge in [0.2, 0.25) is 0 Å². The van der Waals surface area contributed by atoms with Gasteiger partial charge in [0.1, 0.15) is 5.82 Å². The van der Waals surface area contributed by atoms with Gasteiger partial charge in [-0.15, -0.1) is 0 Å². The van der Waals surface area contributed by atoms with Crippen molar-refractivity contribution in [1.29, 1.82) is 0 Å². The molecule has 5 nitrogen and oxygen atoms in total. The number of carbonyl (C=O) groups is 2. The lowest BCUT2D eigenvalue weighted by molar-refractivity contribution is -0.187. The summed E-state index contributed by atoms with van der Waals surface area (Å²) in [4.78, 5) is 24.1. The molecule has 0 radical (unpaired) electrons. The number of benzene rings is 1. The van der Waals surface area contributed by atoms with E-state index in [0.29, 0.717) is 12.0 Å². The molecule has 3 rings (SSSR count). The number of carboxylic acids is 1. The molecule has 2 unspecified atom stereocenters. The molecule has 2 aliphatic rings. The maximum Gasteiger partial charge on any atom is 0.394 e. The smallest absolute Gasteiger partial charge is 0.394 e. The maximum absolute atomic E-state index is 13.2. The first kappa shape index (κ1) is 17.5. The van der Waals surface area contributed by atoms with Gasteiger partial charge in [0.15, 0.2) is 0 Å². The van der Waals surface area contributed by atoms with Crippen LogP contribution in [0.2, 0.25) is 0 Å². The summed E-state index contributed by atoms with van der Waals surface area (Å²) in [6.45, 7) is -1.16.